The van der Waals surface area contributed by atoms with Crippen molar-refractivity contribution in [3.63, 3.8) is 0 Å². The summed E-state index contributed by atoms with van der Waals surface area (Å²) in [6.07, 6.45) is 1.49. The number of benzene rings is 2. The molecule has 0 bridgehead atoms. The van der Waals surface area contributed by atoms with Crippen LogP contribution in [-0.4, -0.2) is 20.6 Å². The Morgan fingerprint density at radius 1 is 1.21 bits per heavy atom. The number of aromatic amines is 1. The topological polar surface area (TPSA) is 99.5 Å². The van der Waals surface area contributed by atoms with Gasteiger partial charge in [0.05, 0.1) is 5.69 Å². The van der Waals surface area contributed by atoms with Gasteiger partial charge in [-0.15, -0.1) is 10.2 Å². The Morgan fingerprint density at radius 2 is 2.00 bits per heavy atom. The molecule has 2 aromatic carbocycles. The van der Waals surface area contributed by atoms with E-state index < -0.39 is 0 Å². The Labute approximate surface area is 142 Å². The monoisotopic (exact) mass is 338 g/mol. The molecule has 118 valence electrons. The highest BCUT2D eigenvalue weighted by Crippen LogP contribution is 2.30. The zero-order valence-electron chi connectivity index (χ0n) is 12.3. The van der Waals surface area contributed by atoms with Gasteiger partial charge in [-0.25, -0.2) is 0 Å². The minimum atomic E-state index is 0.209. The number of rotatable bonds is 5. The Kier molecular flexibility index (Phi) is 4.70. The summed E-state index contributed by atoms with van der Waals surface area (Å²) >= 11 is 5.87. The third kappa shape index (κ3) is 3.69. The summed E-state index contributed by atoms with van der Waals surface area (Å²) in [5.74, 6) is 1.46. The molecule has 0 aliphatic heterocycles. The first kappa shape index (κ1) is 15.5. The number of nitrogens with zero attached hydrogens (tertiary/aromatic N) is 4. The van der Waals surface area contributed by atoms with Gasteiger partial charge >= 0.3 is 0 Å². The van der Waals surface area contributed by atoms with Gasteiger partial charge in [-0.05, 0) is 41.6 Å². The van der Waals surface area contributed by atoms with Gasteiger partial charge in [-0.3, -0.25) is 0 Å². The second kappa shape index (κ2) is 7.26. The quantitative estimate of drug-likeness (QED) is 0.689. The van der Waals surface area contributed by atoms with Crippen LogP contribution in [0.3, 0.4) is 0 Å². The molecule has 0 saturated heterocycles. The molecule has 1 heterocycles. The predicted molar refractivity (Wildman–Crippen MR) is 89.4 cm³/mol. The second-order valence-corrected chi connectivity index (χ2v) is 5.04. The predicted octanol–water partition coefficient (Wildman–Crippen LogP) is 3.62. The summed E-state index contributed by atoms with van der Waals surface area (Å²) in [5, 5.41) is 26.1. The van der Waals surface area contributed by atoms with E-state index in [1.165, 1.54) is 6.20 Å². The molecule has 0 radical (unpaired) electrons. The number of hydrogen-bond donors (Lipinski definition) is 2. The van der Waals surface area contributed by atoms with E-state index in [0.717, 1.165) is 0 Å². The van der Waals surface area contributed by atoms with Gasteiger partial charge in [-0.2, -0.15) is 10.5 Å². The van der Waals surface area contributed by atoms with Crippen LogP contribution in [0.25, 0.3) is 5.57 Å². The number of ether oxygens (including phenoxy) is 1. The van der Waals surface area contributed by atoms with Crippen molar-refractivity contribution in [1.29, 1.82) is 5.26 Å². The molecule has 0 spiro atoms. The molecule has 0 aliphatic rings. The van der Waals surface area contributed by atoms with E-state index in [0.29, 0.717) is 22.2 Å². The van der Waals surface area contributed by atoms with E-state index in [4.69, 9.17) is 16.3 Å². The van der Waals surface area contributed by atoms with E-state index in [1.807, 2.05) is 30.3 Å². The molecule has 0 aliphatic carbocycles. The molecule has 7 nitrogen and oxygen atoms in total. The van der Waals surface area contributed by atoms with Gasteiger partial charge in [0, 0.05) is 11.2 Å². The maximum Gasteiger partial charge on any atom is 0.216 e. The molecular weight excluding hydrogens is 328 g/mol. The summed E-state index contributed by atoms with van der Waals surface area (Å²) in [6, 6.07) is 16.4. The highest BCUT2D eigenvalue weighted by molar-refractivity contribution is 6.30. The van der Waals surface area contributed by atoms with Gasteiger partial charge in [0.25, 0.3) is 0 Å². The molecule has 0 unspecified atom stereocenters. The minimum Gasteiger partial charge on any atom is -0.455 e. The molecular formula is C16H11ClN6O. The van der Waals surface area contributed by atoms with Gasteiger partial charge in [0.2, 0.25) is 5.82 Å². The largest absolute Gasteiger partial charge is 0.455 e. The molecule has 2 N–H and O–H groups in total. The molecule has 0 saturated carbocycles. The van der Waals surface area contributed by atoms with Crippen molar-refractivity contribution < 1.29 is 4.74 Å². The van der Waals surface area contributed by atoms with Crippen LogP contribution in [0.15, 0.2) is 54.7 Å². The fraction of sp³-hybridized carbons (Fsp3) is 0. The molecule has 8 heteroatoms. The SMILES string of the molecule is N#CC(=CNc1ccccc1Oc1ccc(Cl)cc1)c1nn[nH]n1. The molecule has 0 amide bonds. The summed E-state index contributed by atoms with van der Waals surface area (Å²) in [7, 11) is 0. The van der Waals surface area contributed by atoms with Crippen molar-refractivity contribution >= 4 is 22.9 Å². The number of nitrogens with one attached hydrogen (secondary N) is 2. The first-order chi connectivity index (χ1) is 11.8. The van der Waals surface area contributed by atoms with Crippen LogP contribution in [0.2, 0.25) is 5.02 Å². The van der Waals surface area contributed by atoms with Crippen molar-refractivity contribution in [2.75, 3.05) is 5.32 Å². The Morgan fingerprint density at radius 3 is 2.71 bits per heavy atom. The van der Waals surface area contributed by atoms with E-state index >= 15 is 0 Å². The van der Waals surface area contributed by atoms with Crippen molar-refractivity contribution in [1.82, 2.24) is 20.6 Å². The van der Waals surface area contributed by atoms with Crippen LogP contribution in [0.1, 0.15) is 5.82 Å². The zero-order valence-corrected chi connectivity index (χ0v) is 13.0. The smallest absolute Gasteiger partial charge is 0.216 e. The second-order valence-electron chi connectivity index (χ2n) is 4.60. The third-order valence-electron chi connectivity index (χ3n) is 3.01. The molecule has 3 aromatic rings. The number of aromatic nitrogens is 4. The van der Waals surface area contributed by atoms with Crippen LogP contribution >= 0.6 is 11.6 Å². The van der Waals surface area contributed by atoms with Crippen LogP contribution in [0.4, 0.5) is 5.69 Å². The maximum atomic E-state index is 9.18. The molecule has 0 atom stereocenters. The third-order valence-corrected chi connectivity index (χ3v) is 3.26. The molecule has 1 aromatic heterocycles. The summed E-state index contributed by atoms with van der Waals surface area (Å²) in [5.41, 5.74) is 0.925. The van der Waals surface area contributed by atoms with Crippen molar-refractivity contribution in [2.24, 2.45) is 0 Å². The number of allylic oxidation sites excluding steroid dienone is 1. The number of tetrazole rings is 1. The number of H-pyrrole nitrogens is 1. The standard InChI is InChI=1S/C16H11ClN6O/c17-12-5-7-13(8-6-12)24-15-4-2-1-3-14(15)19-10-11(9-18)16-20-22-23-21-16/h1-8,10,19H,(H,20,21,22,23). The van der Waals surface area contributed by atoms with Crippen LogP contribution in [0, 0.1) is 11.3 Å². The summed E-state index contributed by atoms with van der Waals surface area (Å²) in [6.45, 7) is 0. The molecule has 0 fully saturated rings. The van der Waals surface area contributed by atoms with Gasteiger partial charge in [0.1, 0.15) is 17.4 Å². The first-order valence-electron chi connectivity index (χ1n) is 6.89. The average Bonchev–Trinajstić information content (AvgIpc) is 3.13. The number of anilines is 1. The lowest BCUT2D eigenvalue weighted by molar-refractivity contribution is 0.485. The van der Waals surface area contributed by atoms with E-state index in [-0.39, 0.29) is 11.4 Å². The first-order valence-corrected chi connectivity index (χ1v) is 7.27. The lowest BCUT2D eigenvalue weighted by Crippen LogP contribution is -1.95. The lowest BCUT2D eigenvalue weighted by Gasteiger charge is -2.11. The number of nitriles is 1. The van der Waals surface area contributed by atoms with E-state index in [1.54, 1.807) is 24.3 Å². The number of para-hydroxylation sites is 2. The normalized spacial score (nSPS) is 10.9. The number of hydrogen-bond acceptors (Lipinski definition) is 6. The van der Waals surface area contributed by atoms with Crippen LogP contribution < -0.4 is 10.1 Å². The van der Waals surface area contributed by atoms with Crippen molar-refractivity contribution in [2.45, 2.75) is 0 Å². The summed E-state index contributed by atoms with van der Waals surface area (Å²) in [4.78, 5) is 0. The highest BCUT2D eigenvalue weighted by atomic mass is 35.5. The molecule has 24 heavy (non-hydrogen) atoms. The van der Waals surface area contributed by atoms with E-state index in [2.05, 4.69) is 25.9 Å². The average molecular weight is 339 g/mol. The van der Waals surface area contributed by atoms with Gasteiger partial charge in [0.15, 0.2) is 5.75 Å². The van der Waals surface area contributed by atoms with E-state index in [9.17, 15) is 5.26 Å². The highest BCUT2D eigenvalue weighted by Gasteiger charge is 2.07. The van der Waals surface area contributed by atoms with Crippen LogP contribution in [0.5, 0.6) is 11.5 Å². The fourth-order valence-electron chi connectivity index (χ4n) is 1.88. The Hall–Kier alpha value is -3.37. The minimum absolute atomic E-state index is 0.209. The maximum absolute atomic E-state index is 9.18. The Bertz CT molecular complexity index is 884. The zero-order chi connectivity index (χ0) is 16.8. The van der Waals surface area contributed by atoms with Crippen molar-refractivity contribution in [3.05, 3.63) is 65.6 Å². The fourth-order valence-corrected chi connectivity index (χ4v) is 2.00. The molecule has 3 rings (SSSR count). The summed E-state index contributed by atoms with van der Waals surface area (Å²) < 4.78 is 5.84. The lowest BCUT2D eigenvalue weighted by atomic mass is 10.2. The number of halogens is 1. The van der Waals surface area contributed by atoms with Gasteiger partial charge < -0.3 is 10.1 Å². The van der Waals surface area contributed by atoms with Crippen molar-refractivity contribution in [3.8, 4) is 17.6 Å². The van der Waals surface area contributed by atoms with Crippen LogP contribution in [-0.2, 0) is 0 Å². The van der Waals surface area contributed by atoms with Gasteiger partial charge in [-0.1, -0.05) is 23.7 Å². The Balaban J connectivity index is 1.82.